The van der Waals surface area contributed by atoms with E-state index < -0.39 is 0 Å². The van der Waals surface area contributed by atoms with Gasteiger partial charge in [-0.15, -0.1) is 11.3 Å². The number of benzene rings is 1. The summed E-state index contributed by atoms with van der Waals surface area (Å²) in [7, 11) is 1.75. The summed E-state index contributed by atoms with van der Waals surface area (Å²) in [5.41, 5.74) is 0.858. The summed E-state index contributed by atoms with van der Waals surface area (Å²) in [5, 5.41) is 13.2. The third-order valence-electron chi connectivity index (χ3n) is 2.80. The van der Waals surface area contributed by atoms with Gasteiger partial charge in [-0.2, -0.15) is 0 Å². The Morgan fingerprint density at radius 2 is 2.06 bits per heavy atom. The largest absolute Gasteiger partial charge is 0.508 e. The van der Waals surface area contributed by atoms with Crippen LogP contribution in [0.5, 0.6) is 5.75 Å². The van der Waals surface area contributed by atoms with E-state index >= 15 is 0 Å². The fourth-order valence-electron chi connectivity index (χ4n) is 1.98. The summed E-state index contributed by atoms with van der Waals surface area (Å²) in [4.78, 5) is 12.0. The first-order chi connectivity index (χ1) is 7.68. The minimum atomic E-state index is 0.0168. The van der Waals surface area contributed by atoms with E-state index in [0.29, 0.717) is 0 Å². The Hall–Kier alpha value is -1.81. The standard InChI is InChI=1S/C12H9NO2S/c1-13-10-3-2-7(14)6-9(10)8-4-5-16-11(8)12(13)15/h2-6,14H,1H3. The van der Waals surface area contributed by atoms with Crippen molar-refractivity contribution in [3.05, 3.63) is 40.0 Å². The second-order valence-corrected chi connectivity index (χ2v) is 4.65. The molecule has 0 radical (unpaired) electrons. The third kappa shape index (κ3) is 1.10. The van der Waals surface area contributed by atoms with E-state index in [1.54, 1.807) is 29.8 Å². The van der Waals surface area contributed by atoms with Crippen molar-refractivity contribution in [1.82, 2.24) is 4.57 Å². The summed E-state index contributed by atoms with van der Waals surface area (Å²) >= 11 is 1.43. The van der Waals surface area contributed by atoms with Gasteiger partial charge in [0.05, 0.1) is 5.52 Å². The Morgan fingerprint density at radius 1 is 1.25 bits per heavy atom. The Balaban J connectivity index is 2.72. The summed E-state index contributed by atoms with van der Waals surface area (Å²) in [6, 6.07) is 6.98. The maximum absolute atomic E-state index is 12.0. The minimum absolute atomic E-state index is 0.0168. The van der Waals surface area contributed by atoms with Crippen LogP contribution in [0.1, 0.15) is 0 Å². The SMILES string of the molecule is Cn1c(=O)c2sccc2c2cc(O)ccc21. The van der Waals surface area contributed by atoms with Crippen molar-refractivity contribution in [2.24, 2.45) is 7.05 Å². The molecule has 1 N–H and O–H groups in total. The smallest absolute Gasteiger partial charge is 0.268 e. The monoisotopic (exact) mass is 231 g/mol. The predicted molar refractivity (Wildman–Crippen MR) is 66.2 cm³/mol. The highest BCUT2D eigenvalue weighted by Crippen LogP contribution is 2.28. The van der Waals surface area contributed by atoms with Gasteiger partial charge in [0.1, 0.15) is 10.4 Å². The molecule has 0 saturated carbocycles. The molecule has 0 spiro atoms. The highest BCUT2D eigenvalue weighted by Gasteiger charge is 2.09. The molecule has 16 heavy (non-hydrogen) atoms. The first-order valence-corrected chi connectivity index (χ1v) is 5.75. The van der Waals surface area contributed by atoms with E-state index in [0.717, 1.165) is 21.0 Å². The molecule has 1 aromatic carbocycles. The molecule has 0 aliphatic heterocycles. The van der Waals surface area contributed by atoms with E-state index in [4.69, 9.17) is 0 Å². The maximum Gasteiger partial charge on any atom is 0.268 e. The van der Waals surface area contributed by atoms with Gasteiger partial charge in [-0.1, -0.05) is 0 Å². The number of aromatic hydroxyl groups is 1. The van der Waals surface area contributed by atoms with E-state index in [-0.39, 0.29) is 11.3 Å². The van der Waals surface area contributed by atoms with Gasteiger partial charge in [0.25, 0.3) is 5.56 Å². The lowest BCUT2D eigenvalue weighted by atomic mass is 10.1. The van der Waals surface area contributed by atoms with Crippen molar-refractivity contribution in [1.29, 1.82) is 0 Å². The number of rotatable bonds is 0. The Kier molecular flexibility index (Phi) is 1.82. The van der Waals surface area contributed by atoms with Crippen LogP contribution >= 0.6 is 11.3 Å². The van der Waals surface area contributed by atoms with Gasteiger partial charge in [-0.3, -0.25) is 4.79 Å². The number of fused-ring (bicyclic) bond motifs is 3. The van der Waals surface area contributed by atoms with E-state index in [1.807, 2.05) is 11.4 Å². The van der Waals surface area contributed by atoms with Crippen molar-refractivity contribution >= 4 is 32.3 Å². The molecule has 0 aliphatic rings. The number of phenolic OH excluding ortho intramolecular Hbond substituents is 1. The molecule has 80 valence electrons. The van der Waals surface area contributed by atoms with Crippen LogP contribution in [0.3, 0.4) is 0 Å². The molecule has 0 amide bonds. The van der Waals surface area contributed by atoms with Gasteiger partial charge in [0.2, 0.25) is 0 Å². The Bertz CT molecular complexity index is 755. The molecule has 3 aromatic rings. The quantitative estimate of drug-likeness (QED) is 0.645. The molecule has 4 heteroatoms. The molecule has 0 atom stereocenters. The topological polar surface area (TPSA) is 42.2 Å². The van der Waals surface area contributed by atoms with E-state index in [2.05, 4.69) is 0 Å². The van der Waals surface area contributed by atoms with Crippen LogP contribution in [0, 0.1) is 0 Å². The van der Waals surface area contributed by atoms with Crippen molar-refractivity contribution in [2.45, 2.75) is 0 Å². The van der Waals surface area contributed by atoms with E-state index in [1.165, 1.54) is 11.3 Å². The molecule has 2 heterocycles. The van der Waals surface area contributed by atoms with Crippen LogP contribution in [0.15, 0.2) is 34.4 Å². The number of thiophene rings is 1. The minimum Gasteiger partial charge on any atom is -0.508 e. The molecule has 3 rings (SSSR count). The number of aryl methyl sites for hydroxylation is 1. The average Bonchev–Trinajstić information content (AvgIpc) is 2.75. The summed E-state index contributed by atoms with van der Waals surface area (Å²) in [5.74, 6) is 0.221. The molecular formula is C12H9NO2S. The fraction of sp³-hybridized carbons (Fsp3) is 0.0833. The van der Waals surface area contributed by atoms with Crippen LogP contribution in [-0.4, -0.2) is 9.67 Å². The molecule has 2 aromatic heterocycles. The van der Waals surface area contributed by atoms with Crippen LogP contribution in [0.2, 0.25) is 0 Å². The van der Waals surface area contributed by atoms with Crippen molar-refractivity contribution in [2.75, 3.05) is 0 Å². The lowest BCUT2D eigenvalue weighted by Crippen LogP contribution is -2.15. The molecule has 0 saturated heterocycles. The lowest BCUT2D eigenvalue weighted by Gasteiger charge is -2.06. The van der Waals surface area contributed by atoms with Gasteiger partial charge < -0.3 is 9.67 Å². The highest BCUT2D eigenvalue weighted by atomic mass is 32.1. The molecule has 0 fully saturated rings. The molecule has 0 bridgehead atoms. The zero-order valence-electron chi connectivity index (χ0n) is 8.60. The van der Waals surface area contributed by atoms with Crippen LogP contribution in [-0.2, 0) is 7.05 Å². The number of phenols is 1. The van der Waals surface area contributed by atoms with Gasteiger partial charge in [0.15, 0.2) is 0 Å². The molecule has 0 unspecified atom stereocenters. The number of aromatic nitrogens is 1. The second-order valence-electron chi connectivity index (χ2n) is 3.73. The van der Waals surface area contributed by atoms with Crippen LogP contribution in [0.4, 0.5) is 0 Å². The fourth-order valence-corrected chi connectivity index (χ4v) is 2.86. The molecule has 0 aliphatic carbocycles. The summed E-state index contributed by atoms with van der Waals surface area (Å²) < 4.78 is 2.36. The Morgan fingerprint density at radius 3 is 2.88 bits per heavy atom. The molecular weight excluding hydrogens is 222 g/mol. The first kappa shape index (κ1) is 9.42. The number of nitrogens with zero attached hydrogens (tertiary/aromatic N) is 1. The average molecular weight is 231 g/mol. The Labute approximate surface area is 95.2 Å². The normalized spacial score (nSPS) is 11.3. The second kappa shape index (κ2) is 3.09. The zero-order valence-corrected chi connectivity index (χ0v) is 9.41. The number of hydrogen-bond donors (Lipinski definition) is 1. The summed E-state index contributed by atoms with van der Waals surface area (Å²) in [6.45, 7) is 0. The van der Waals surface area contributed by atoms with Crippen molar-refractivity contribution < 1.29 is 5.11 Å². The van der Waals surface area contributed by atoms with Gasteiger partial charge in [-0.05, 0) is 29.6 Å². The lowest BCUT2D eigenvalue weighted by molar-refractivity contribution is 0.476. The number of hydrogen-bond acceptors (Lipinski definition) is 3. The van der Waals surface area contributed by atoms with Crippen LogP contribution in [0.25, 0.3) is 21.0 Å². The van der Waals surface area contributed by atoms with Crippen molar-refractivity contribution in [3.63, 3.8) is 0 Å². The van der Waals surface area contributed by atoms with Gasteiger partial charge in [-0.25, -0.2) is 0 Å². The molecule has 3 nitrogen and oxygen atoms in total. The predicted octanol–water partition coefficient (Wildman–Crippen LogP) is 2.46. The van der Waals surface area contributed by atoms with Gasteiger partial charge >= 0.3 is 0 Å². The third-order valence-corrected chi connectivity index (χ3v) is 3.70. The van der Waals surface area contributed by atoms with Crippen LogP contribution < -0.4 is 5.56 Å². The highest BCUT2D eigenvalue weighted by molar-refractivity contribution is 7.17. The van der Waals surface area contributed by atoms with Crippen molar-refractivity contribution in [3.8, 4) is 5.75 Å². The first-order valence-electron chi connectivity index (χ1n) is 4.87. The van der Waals surface area contributed by atoms with E-state index in [9.17, 15) is 9.90 Å². The summed E-state index contributed by atoms with van der Waals surface area (Å²) in [6.07, 6.45) is 0. The zero-order chi connectivity index (χ0) is 11.3. The number of pyridine rings is 1. The van der Waals surface area contributed by atoms with Gasteiger partial charge in [0, 0.05) is 17.8 Å². The maximum atomic E-state index is 12.0.